The number of piperidine rings is 1. The highest BCUT2D eigenvalue weighted by Crippen LogP contribution is 2.21. The highest BCUT2D eigenvalue weighted by molar-refractivity contribution is 6.30. The predicted molar refractivity (Wildman–Crippen MR) is 98.3 cm³/mol. The minimum atomic E-state index is 0.702. The Morgan fingerprint density at radius 2 is 2.00 bits per heavy atom. The molecule has 0 bridgehead atoms. The van der Waals surface area contributed by atoms with E-state index in [4.69, 9.17) is 11.6 Å². The quantitative estimate of drug-likeness (QED) is 0.901. The molecule has 0 radical (unpaired) electrons. The summed E-state index contributed by atoms with van der Waals surface area (Å²) in [4.78, 5) is 7.02. The number of hydrogen-bond acceptors (Lipinski definition) is 4. The lowest BCUT2D eigenvalue weighted by Crippen LogP contribution is -2.33. The molecular formula is C18H26ClN5. The van der Waals surface area contributed by atoms with Crippen LogP contribution in [0.2, 0.25) is 5.15 Å². The largest absolute Gasteiger partial charge is 0.357 e. The summed E-state index contributed by atoms with van der Waals surface area (Å²) in [5.74, 6) is 1.93. The minimum Gasteiger partial charge on any atom is -0.357 e. The summed E-state index contributed by atoms with van der Waals surface area (Å²) < 4.78 is 1.71. The Labute approximate surface area is 149 Å². The molecule has 5 nitrogen and oxygen atoms in total. The van der Waals surface area contributed by atoms with E-state index in [0.717, 1.165) is 42.6 Å². The zero-order chi connectivity index (χ0) is 17.1. The van der Waals surface area contributed by atoms with E-state index >= 15 is 0 Å². The van der Waals surface area contributed by atoms with Gasteiger partial charge in [-0.15, -0.1) is 0 Å². The second-order valence-electron chi connectivity index (χ2n) is 6.78. The Morgan fingerprint density at radius 3 is 2.58 bits per heavy atom. The predicted octanol–water partition coefficient (Wildman–Crippen LogP) is 3.30. The lowest BCUT2D eigenvalue weighted by atomic mass is 9.99. The average Bonchev–Trinajstić information content (AvgIpc) is 2.82. The maximum absolute atomic E-state index is 6.26. The first kappa shape index (κ1) is 17.2. The van der Waals surface area contributed by atoms with Crippen LogP contribution in [0.4, 0.5) is 5.82 Å². The lowest BCUT2D eigenvalue weighted by molar-refractivity contribution is 0.436. The number of nitrogens with one attached hydrogen (secondary N) is 1. The molecule has 130 valence electrons. The molecule has 3 rings (SSSR count). The van der Waals surface area contributed by atoms with Crippen molar-refractivity contribution < 1.29 is 0 Å². The van der Waals surface area contributed by atoms with Gasteiger partial charge in [-0.1, -0.05) is 24.6 Å². The average molecular weight is 348 g/mol. The number of anilines is 1. The normalized spacial score (nSPS) is 15.9. The number of hydrogen-bond donors (Lipinski definition) is 1. The van der Waals surface area contributed by atoms with Crippen LogP contribution in [0.3, 0.4) is 0 Å². The van der Waals surface area contributed by atoms with E-state index in [2.05, 4.69) is 39.4 Å². The van der Waals surface area contributed by atoms with E-state index in [-0.39, 0.29) is 0 Å². The second kappa shape index (κ2) is 7.53. The van der Waals surface area contributed by atoms with Crippen molar-refractivity contribution in [1.82, 2.24) is 20.1 Å². The summed E-state index contributed by atoms with van der Waals surface area (Å²) in [5, 5.41) is 8.46. The molecule has 0 atom stereocenters. The topological polar surface area (TPSA) is 46.0 Å². The van der Waals surface area contributed by atoms with E-state index in [0.29, 0.717) is 11.7 Å². The van der Waals surface area contributed by atoms with E-state index in [1.54, 1.807) is 4.68 Å². The summed E-state index contributed by atoms with van der Waals surface area (Å²) in [6.07, 6.45) is 4.49. The van der Waals surface area contributed by atoms with Gasteiger partial charge in [0.15, 0.2) is 0 Å². The fraction of sp³-hybridized carbons (Fsp3) is 0.556. The van der Waals surface area contributed by atoms with Crippen molar-refractivity contribution in [2.45, 2.75) is 39.8 Å². The minimum absolute atomic E-state index is 0.702. The number of aryl methyl sites for hydroxylation is 2. The molecule has 0 unspecified atom stereocenters. The number of aromatic nitrogens is 3. The first-order valence-electron chi connectivity index (χ1n) is 8.63. The van der Waals surface area contributed by atoms with Gasteiger partial charge in [0, 0.05) is 45.0 Å². The molecule has 1 N–H and O–H groups in total. The molecule has 24 heavy (non-hydrogen) atoms. The molecule has 0 spiro atoms. The number of pyridine rings is 1. The van der Waals surface area contributed by atoms with Crippen molar-refractivity contribution in [2.24, 2.45) is 13.0 Å². The van der Waals surface area contributed by atoms with Crippen molar-refractivity contribution in [3.8, 4) is 0 Å². The Bertz CT molecular complexity index is 671. The monoisotopic (exact) mass is 347 g/mol. The van der Waals surface area contributed by atoms with Crippen LogP contribution in [0.25, 0.3) is 0 Å². The highest BCUT2D eigenvalue weighted by atomic mass is 35.5. The van der Waals surface area contributed by atoms with Gasteiger partial charge in [-0.25, -0.2) is 4.98 Å². The second-order valence-corrected chi connectivity index (χ2v) is 7.13. The van der Waals surface area contributed by atoms with Crippen molar-refractivity contribution in [3.05, 3.63) is 40.3 Å². The molecule has 2 aromatic heterocycles. The molecule has 3 heterocycles. The van der Waals surface area contributed by atoms with Crippen molar-refractivity contribution >= 4 is 17.4 Å². The summed E-state index contributed by atoms with van der Waals surface area (Å²) >= 11 is 6.26. The molecule has 2 aromatic rings. The fourth-order valence-electron chi connectivity index (χ4n) is 3.15. The third-order valence-corrected chi connectivity index (χ3v) is 5.29. The van der Waals surface area contributed by atoms with E-state index in [1.807, 2.05) is 20.2 Å². The Balaban J connectivity index is 1.53. The van der Waals surface area contributed by atoms with Crippen molar-refractivity contribution in [3.63, 3.8) is 0 Å². The van der Waals surface area contributed by atoms with Crippen LogP contribution in [0.5, 0.6) is 0 Å². The summed E-state index contributed by atoms with van der Waals surface area (Å²) in [6.45, 7) is 8.03. The smallest absolute Gasteiger partial charge is 0.131 e. The van der Waals surface area contributed by atoms with Crippen LogP contribution in [0.15, 0.2) is 18.3 Å². The standard InChI is InChI=1S/C18H26ClN5/c1-13-6-8-24(9-7-13)17-5-4-15(11-21-17)10-20-12-16-14(2)22-23(3)18(16)19/h4-5,11,13,20H,6-10,12H2,1-3H3. The number of halogens is 1. The maximum atomic E-state index is 6.26. The van der Waals surface area contributed by atoms with Gasteiger partial charge >= 0.3 is 0 Å². The Kier molecular flexibility index (Phi) is 5.41. The number of rotatable bonds is 5. The van der Waals surface area contributed by atoms with Crippen LogP contribution in [0, 0.1) is 12.8 Å². The molecule has 1 aliphatic rings. The van der Waals surface area contributed by atoms with Gasteiger partial charge in [-0.2, -0.15) is 5.10 Å². The van der Waals surface area contributed by atoms with Gasteiger partial charge in [0.2, 0.25) is 0 Å². The molecule has 0 aliphatic carbocycles. The van der Waals surface area contributed by atoms with Crippen LogP contribution in [-0.2, 0) is 20.1 Å². The van der Waals surface area contributed by atoms with Crippen LogP contribution in [-0.4, -0.2) is 27.9 Å². The first-order valence-corrected chi connectivity index (χ1v) is 9.01. The summed E-state index contributed by atoms with van der Waals surface area (Å²) in [7, 11) is 1.86. The highest BCUT2D eigenvalue weighted by Gasteiger charge is 2.16. The van der Waals surface area contributed by atoms with Gasteiger partial charge in [0.05, 0.1) is 5.69 Å². The lowest BCUT2D eigenvalue weighted by Gasteiger charge is -2.31. The van der Waals surface area contributed by atoms with Crippen molar-refractivity contribution in [2.75, 3.05) is 18.0 Å². The van der Waals surface area contributed by atoms with Crippen LogP contribution < -0.4 is 10.2 Å². The molecule has 1 saturated heterocycles. The first-order chi connectivity index (χ1) is 11.5. The molecule has 0 saturated carbocycles. The third-order valence-electron chi connectivity index (χ3n) is 4.82. The SMILES string of the molecule is Cc1nn(C)c(Cl)c1CNCc1ccc(N2CCC(C)CC2)nc1. The molecule has 0 aromatic carbocycles. The molecule has 1 fully saturated rings. The fourth-order valence-corrected chi connectivity index (χ4v) is 3.39. The molecule has 6 heteroatoms. The van der Waals surface area contributed by atoms with Crippen LogP contribution >= 0.6 is 11.6 Å². The Morgan fingerprint density at radius 1 is 1.25 bits per heavy atom. The zero-order valence-electron chi connectivity index (χ0n) is 14.7. The molecule has 1 aliphatic heterocycles. The maximum Gasteiger partial charge on any atom is 0.131 e. The summed E-state index contributed by atoms with van der Waals surface area (Å²) in [5.41, 5.74) is 3.22. The van der Waals surface area contributed by atoms with E-state index in [9.17, 15) is 0 Å². The third kappa shape index (κ3) is 3.90. The van der Waals surface area contributed by atoms with Gasteiger partial charge in [0.1, 0.15) is 11.0 Å². The molecule has 0 amide bonds. The van der Waals surface area contributed by atoms with Gasteiger partial charge in [-0.3, -0.25) is 4.68 Å². The summed E-state index contributed by atoms with van der Waals surface area (Å²) in [6, 6.07) is 4.29. The van der Waals surface area contributed by atoms with E-state index < -0.39 is 0 Å². The Hall–Kier alpha value is -1.59. The van der Waals surface area contributed by atoms with E-state index in [1.165, 1.54) is 18.4 Å². The zero-order valence-corrected chi connectivity index (χ0v) is 15.5. The van der Waals surface area contributed by atoms with Crippen molar-refractivity contribution in [1.29, 1.82) is 0 Å². The molecular weight excluding hydrogens is 322 g/mol. The van der Waals surface area contributed by atoms with Gasteiger partial charge < -0.3 is 10.2 Å². The van der Waals surface area contributed by atoms with Crippen LogP contribution in [0.1, 0.15) is 36.6 Å². The number of nitrogens with zero attached hydrogens (tertiary/aromatic N) is 4. The van der Waals surface area contributed by atoms with Gasteiger partial charge in [-0.05, 0) is 37.3 Å². The van der Waals surface area contributed by atoms with Gasteiger partial charge in [0.25, 0.3) is 0 Å².